The number of allylic oxidation sites excluding steroid dienone is 2. The minimum absolute atomic E-state index is 0.774. The van der Waals surface area contributed by atoms with Crippen LogP contribution in [0.4, 0.5) is 0 Å². The lowest BCUT2D eigenvalue weighted by molar-refractivity contribution is 0.0560. The third kappa shape index (κ3) is 4.82. The van der Waals surface area contributed by atoms with Crippen molar-refractivity contribution in [1.82, 2.24) is 4.90 Å². The molecule has 2 rings (SSSR count). The van der Waals surface area contributed by atoms with E-state index < -0.39 is 0 Å². The minimum atomic E-state index is 0.774. The van der Waals surface area contributed by atoms with Gasteiger partial charge in [0.2, 0.25) is 0 Å². The lowest BCUT2D eigenvalue weighted by Crippen LogP contribution is -2.38. The molecule has 1 heterocycles. The standard InChI is InChI=1S/C16H28N2O2/c19-17-15-9-7-5-3-1-2-4-6-8-10-16(15)18-11-13-20-14-12-18/h10,19H,1-9,11-14H2/b16-10-,17-15+. The number of rotatable bonds is 1. The summed E-state index contributed by atoms with van der Waals surface area (Å²) < 4.78 is 5.43. The van der Waals surface area contributed by atoms with Gasteiger partial charge >= 0.3 is 0 Å². The summed E-state index contributed by atoms with van der Waals surface area (Å²) >= 11 is 0. The predicted octanol–water partition coefficient (Wildman–Crippen LogP) is 3.56. The van der Waals surface area contributed by atoms with E-state index >= 15 is 0 Å². The third-order valence-corrected chi connectivity index (χ3v) is 4.22. The molecule has 0 aromatic carbocycles. The summed E-state index contributed by atoms with van der Waals surface area (Å²) in [5, 5.41) is 13.0. The lowest BCUT2D eigenvalue weighted by atomic mass is 10.0. The monoisotopic (exact) mass is 280 g/mol. The Morgan fingerprint density at radius 3 is 2.30 bits per heavy atom. The van der Waals surface area contributed by atoms with E-state index in [0.717, 1.165) is 57.0 Å². The molecule has 0 amide bonds. The van der Waals surface area contributed by atoms with Gasteiger partial charge in [0, 0.05) is 13.1 Å². The Labute approximate surface area is 122 Å². The van der Waals surface area contributed by atoms with E-state index in [9.17, 15) is 5.21 Å². The van der Waals surface area contributed by atoms with E-state index in [0.29, 0.717) is 0 Å². The van der Waals surface area contributed by atoms with Gasteiger partial charge in [-0.05, 0) is 25.7 Å². The molecule has 20 heavy (non-hydrogen) atoms. The van der Waals surface area contributed by atoms with E-state index in [1.807, 2.05) is 0 Å². The van der Waals surface area contributed by atoms with Crippen LogP contribution in [-0.4, -0.2) is 42.1 Å². The van der Waals surface area contributed by atoms with Crippen LogP contribution in [0.2, 0.25) is 0 Å². The summed E-state index contributed by atoms with van der Waals surface area (Å²) in [6.45, 7) is 3.36. The van der Waals surface area contributed by atoms with Gasteiger partial charge in [0.1, 0.15) is 5.71 Å². The summed E-state index contributed by atoms with van der Waals surface area (Å²) in [7, 11) is 0. The average Bonchev–Trinajstić information content (AvgIpc) is 2.49. The molecule has 0 atom stereocenters. The fraction of sp³-hybridized carbons (Fsp3) is 0.812. The van der Waals surface area contributed by atoms with Gasteiger partial charge in [-0.1, -0.05) is 43.3 Å². The van der Waals surface area contributed by atoms with Crippen LogP contribution in [0.15, 0.2) is 16.9 Å². The van der Waals surface area contributed by atoms with E-state index in [-0.39, 0.29) is 0 Å². The van der Waals surface area contributed by atoms with E-state index in [2.05, 4.69) is 16.1 Å². The van der Waals surface area contributed by atoms with Gasteiger partial charge in [0.05, 0.1) is 18.9 Å². The molecular formula is C16H28N2O2. The van der Waals surface area contributed by atoms with Crippen LogP contribution in [0, 0.1) is 0 Å². The Balaban J connectivity index is 2.06. The van der Waals surface area contributed by atoms with Crippen molar-refractivity contribution in [3.8, 4) is 0 Å². The molecule has 114 valence electrons. The number of morpholine rings is 1. The van der Waals surface area contributed by atoms with Crippen molar-refractivity contribution < 1.29 is 9.94 Å². The highest BCUT2D eigenvalue weighted by Gasteiger charge is 2.18. The highest BCUT2D eigenvalue weighted by Crippen LogP contribution is 2.19. The summed E-state index contributed by atoms with van der Waals surface area (Å²) in [5.74, 6) is 0. The fourth-order valence-electron chi connectivity index (χ4n) is 3.02. The smallest absolute Gasteiger partial charge is 0.102 e. The zero-order valence-electron chi connectivity index (χ0n) is 12.5. The highest BCUT2D eigenvalue weighted by atomic mass is 16.5. The zero-order chi connectivity index (χ0) is 14.0. The Bertz CT molecular complexity index is 333. The number of oxime groups is 1. The molecule has 0 saturated carbocycles. The SMILES string of the molecule is O/N=C1CCCCCCCCC\C=C\1N1CCOCC1. The summed E-state index contributed by atoms with van der Waals surface area (Å²) in [6.07, 6.45) is 13.2. The van der Waals surface area contributed by atoms with Crippen LogP contribution in [0.3, 0.4) is 0 Å². The second kappa shape index (κ2) is 9.01. The summed E-state index contributed by atoms with van der Waals surface area (Å²) in [4.78, 5) is 2.32. The van der Waals surface area contributed by atoms with E-state index in [4.69, 9.17) is 4.74 Å². The van der Waals surface area contributed by atoms with Gasteiger partial charge in [-0.2, -0.15) is 0 Å². The Kier molecular flexibility index (Phi) is 6.92. The molecule has 1 N–H and O–H groups in total. The molecule has 2 aliphatic rings. The lowest BCUT2D eigenvalue weighted by Gasteiger charge is -2.31. The molecule has 0 unspecified atom stereocenters. The van der Waals surface area contributed by atoms with E-state index in [1.54, 1.807) is 0 Å². The first-order valence-electron chi connectivity index (χ1n) is 8.16. The number of nitrogens with zero attached hydrogens (tertiary/aromatic N) is 2. The third-order valence-electron chi connectivity index (χ3n) is 4.22. The largest absolute Gasteiger partial charge is 0.411 e. The zero-order valence-corrected chi connectivity index (χ0v) is 12.5. The van der Waals surface area contributed by atoms with Gasteiger partial charge in [0.15, 0.2) is 0 Å². The second-order valence-corrected chi connectivity index (χ2v) is 5.75. The van der Waals surface area contributed by atoms with Crippen LogP contribution in [0.5, 0.6) is 0 Å². The first kappa shape index (κ1) is 15.4. The fourth-order valence-corrected chi connectivity index (χ4v) is 3.02. The highest BCUT2D eigenvalue weighted by molar-refractivity contribution is 5.99. The van der Waals surface area contributed by atoms with Gasteiger partial charge in [0.25, 0.3) is 0 Å². The molecule has 1 aliphatic carbocycles. The molecule has 4 nitrogen and oxygen atoms in total. The molecule has 4 heteroatoms. The molecule has 0 aromatic rings. The first-order chi connectivity index (χ1) is 9.92. The Morgan fingerprint density at radius 1 is 0.950 bits per heavy atom. The second-order valence-electron chi connectivity index (χ2n) is 5.75. The summed E-state index contributed by atoms with van der Waals surface area (Å²) in [6, 6.07) is 0. The van der Waals surface area contributed by atoms with E-state index in [1.165, 1.54) is 38.5 Å². The first-order valence-corrected chi connectivity index (χ1v) is 8.16. The molecule has 0 spiro atoms. The quantitative estimate of drug-likeness (QED) is 0.590. The molecule has 1 saturated heterocycles. The van der Waals surface area contributed by atoms with Gasteiger partial charge in [-0.3, -0.25) is 0 Å². The molecular weight excluding hydrogens is 252 g/mol. The maximum Gasteiger partial charge on any atom is 0.102 e. The molecule has 0 aromatic heterocycles. The molecule has 0 radical (unpaired) electrons. The number of hydrogen-bond donors (Lipinski definition) is 1. The topological polar surface area (TPSA) is 45.1 Å². The van der Waals surface area contributed by atoms with Crippen LogP contribution in [0.25, 0.3) is 0 Å². The van der Waals surface area contributed by atoms with Crippen molar-refractivity contribution in [2.24, 2.45) is 5.16 Å². The Morgan fingerprint density at radius 2 is 1.60 bits per heavy atom. The van der Waals surface area contributed by atoms with Gasteiger partial charge in [-0.25, -0.2) is 0 Å². The average molecular weight is 280 g/mol. The van der Waals surface area contributed by atoms with Crippen LogP contribution in [0.1, 0.15) is 57.8 Å². The van der Waals surface area contributed by atoms with Crippen molar-refractivity contribution in [2.75, 3.05) is 26.3 Å². The maximum absolute atomic E-state index is 9.39. The van der Waals surface area contributed by atoms with Crippen LogP contribution in [-0.2, 0) is 4.74 Å². The van der Waals surface area contributed by atoms with Crippen molar-refractivity contribution in [3.63, 3.8) is 0 Å². The minimum Gasteiger partial charge on any atom is -0.411 e. The van der Waals surface area contributed by atoms with Gasteiger partial charge in [-0.15, -0.1) is 0 Å². The van der Waals surface area contributed by atoms with Crippen molar-refractivity contribution >= 4 is 5.71 Å². The number of ether oxygens (including phenoxy) is 1. The normalized spacial score (nSPS) is 28.3. The van der Waals surface area contributed by atoms with Crippen molar-refractivity contribution in [3.05, 3.63) is 11.8 Å². The summed E-state index contributed by atoms with van der Waals surface area (Å²) in [5.41, 5.74) is 2.02. The van der Waals surface area contributed by atoms with Crippen LogP contribution >= 0.6 is 0 Å². The van der Waals surface area contributed by atoms with Crippen LogP contribution < -0.4 is 0 Å². The Hall–Kier alpha value is -1.03. The molecule has 1 fully saturated rings. The number of hydrogen-bond acceptors (Lipinski definition) is 4. The maximum atomic E-state index is 9.39. The molecule has 1 aliphatic heterocycles. The van der Waals surface area contributed by atoms with Gasteiger partial charge < -0.3 is 14.8 Å². The molecule has 0 bridgehead atoms. The predicted molar refractivity (Wildman–Crippen MR) is 81.2 cm³/mol. The van der Waals surface area contributed by atoms with Crippen molar-refractivity contribution in [2.45, 2.75) is 57.8 Å². The van der Waals surface area contributed by atoms with Crippen molar-refractivity contribution in [1.29, 1.82) is 0 Å².